The highest BCUT2D eigenvalue weighted by Gasteiger charge is 2.34. The van der Waals surface area contributed by atoms with Gasteiger partial charge in [0.05, 0.1) is 18.1 Å². The zero-order valence-corrected chi connectivity index (χ0v) is 17.9. The molecule has 2 aromatic carbocycles. The van der Waals surface area contributed by atoms with E-state index in [0.29, 0.717) is 44.0 Å². The fraction of sp³-hybridized carbons (Fsp3) is 0.364. The Bertz CT molecular complexity index is 1070. The van der Waals surface area contributed by atoms with Crippen molar-refractivity contribution in [3.63, 3.8) is 0 Å². The molecule has 31 heavy (non-hydrogen) atoms. The summed E-state index contributed by atoms with van der Waals surface area (Å²) in [6.07, 6.45) is 1.83. The van der Waals surface area contributed by atoms with Gasteiger partial charge in [-0.2, -0.15) is 4.31 Å². The molecule has 1 saturated heterocycles. The summed E-state index contributed by atoms with van der Waals surface area (Å²) in [6.45, 7) is 1.71. The van der Waals surface area contributed by atoms with Crippen LogP contribution < -0.4 is 5.73 Å². The van der Waals surface area contributed by atoms with Gasteiger partial charge in [-0.3, -0.25) is 9.59 Å². The van der Waals surface area contributed by atoms with Gasteiger partial charge in [-0.15, -0.1) is 0 Å². The number of ether oxygens (including phenoxy) is 1. The molecule has 0 atom stereocenters. The second-order valence-electron chi connectivity index (χ2n) is 7.77. The summed E-state index contributed by atoms with van der Waals surface area (Å²) < 4.78 is 32.6. The number of carbonyl (C=O) groups excluding carboxylic acids is 2. The number of amides is 2. The maximum Gasteiger partial charge on any atom is 0.254 e. The fourth-order valence-corrected chi connectivity index (χ4v) is 5.07. The third-order valence-electron chi connectivity index (χ3n) is 5.53. The number of sulfonamides is 1. The van der Waals surface area contributed by atoms with Gasteiger partial charge in [-0.05, 0) is 48.7 Å². The lowest BCUT2D eigenvalue weighted by atomic mass is 10.1. The fourth-order valence-electron chi connectivity index (χ4n) is 3.62. The highest BCUT2D eigenvalue weighted by atomic mass is 32.2. The van der Waals surface area contributed by atoms with Crippen molar-refractivity contribution in [2.24, 2.45) is 5.73 Å². The zero-order valence-electron chi connectivity index (χ0n) is 17.1. The summed E-state index contributed by atoms with van der Waals surface area (Å²) in [6, 6.07) is 13.2. The normalized spacial score (nSPS) is 17.3. The van der Waals surface area contributed by atoms with E-state index in [1.165, 1.54) is 16.4 Å². The van der Waals surface area contributed by atoms with Crippen LogP contribution in [0, 0.1) is 0 Å². The maximum absolute atomic E-state index is 13.3. The zero-order chi connectivity index (χ0) is 22.0. The highest BCUT2D eigenvalue weighted by Crippen LogP contribution is 2.30. The van der Waals surface area contributed by atoms with Crippen LogP contribution >= 0.6 is 0 Å². The molecule has 0 unspecified atom stereocenters. The van der Waals surface area contributed by atoms with Gasteiger partial charge >= 0.3 is 0 Å². The predicted octanol–water partition coefficient (Wildman–Crippen LogP) is 1.61. The quantitative estimate of drug-likeness (QED) is 0.699. The Morgan fingerprint density at radius 3 is 2.32 bits per heavy atom. The van der Waals surface area contributed by atoms with Crippen molar-refractivity contribution in [2.75, 3.05) is 26.3 Å². The second-order valence-corrected chi connectivity index (χ2v) is 9.71. The van der Waals surface area contributed by atoms with E-state index in [4.69, 9.17) is 10.5 Å². The minimum atomic E-state index is -3.68. The van der Waals surface area contributed by atoms with Gasteiger partial charge in [-0.25, -0.2) is 8.42 Å². The van der Waals surface area contributed by atoms with Crippen LogP contribution in [0.1, 0.15) is 39.1 Å². The molecule has 0 bridgehead atoms. The first-order valence-corrected chi connectivity index (χ1v) is 11.7. The van der Waals surface area contributed by atoms with Crippen molar-refractivity contribution in [1.82, 2.24) is 9.21 Å². The van der Waals surface area contributed by atoms with E-state index in [1.54, 1.807) is 41.3 Å². The van der Waals surface area contributed by atoms with Crippen LogP contribution in [0.2, 0.25) is 0 Å². The molecule has 0 aromatic heterocycles. The molecule has 164 valence electrons. The largest absolute Gasteiger partial charge is 0.379 e. The Balaban J connectivity index is 1.55. The number of morpholine rings is 1. The monoisotopic (exact) mass is 443 g/mol. The number of nitrogens with zero attached hydrogens (tertiary/aromatic N) is 2. The highest BCUT2D eigenvalue weighted by molar-refractivity contribution is 7.89. The van der Waals surface area contributed by atoms with E-state index in [2.05, 4.69) is 0 Å². The van der Waals surface area contributed by atoms with Gasteiger partial charge in [0.25, 0.3) is 5.91 Å². The molecule has 0 spiro atoms. The van der Waals surface area contributed by atoms with Crippen LogP contribution in [-0.2, 0) is 21.3 Å². The van der Waals surface area contributed by atoms with Gasteiger partial charge in [0.2, 0.25) is 15.9 Å². The average Bonchev–Trinajstić information content (AvgIpc) is 3.63. The summed E-state index contributed by atoms with van der Waals surface area (Å²) >= 11 is 0. The number of benzene rings is 2. The van der Waals surface area contributed by atoms with Gasteiger partial charge in [0, 0.05) is 36.8 Å². The molecule has 0 radical (unpaired) electrons. The molecule has 1 aliphatic carbocycles. The first-order chi connectivity index (χ1) is 14.9. The van der Waals surface area contributed by atoms with Crippen molar-refractivity contribution < 1.29 is 22.7 Å². The predicted molar refractivity (Wildman–Crippen MR) is 114 cm³/mol. The molecular formula is C22H25N3O5S. The SMILES string of the molecule is NC(=O)c1ccc(CN(C(=O)c2cccc(S(=O)(=O)N3CCOCC3)c2)C2CC2)cc1. The van der Waals surface area contributed by atoms with Crippen molar-refractivity contribution in [1.29, 1.82) is 0 Å². The molecule has 2 fully saturated rings. The molecular weight excluding hydrogens is 418 g/mol. The van der Waals surface area contributed by atoms with Crippen molar-refractivity contribution in [3.8, 4) is 0 Å². The van der Waals surface area contributed by atoms with Gasteiger partial charge in [0.15, 0.2) is 0 Å². The lowest BCUT2D eigenvalue weighted by molar-refractivity contribution is 0.0725. The first kappa shape index (κ1) is 21.5. The number of primary amides is 1. The molecule has 9 heteroatoms. The summed E-state index contributed by atoms with van der Waals surface area (Å²) in [5.74, 6) is -0.708. The molecule has 2 amide bonds. The molecule has 1 aliphatic heterocycles. The van der Waals surface area contributed by atoms with Crippen LogP contribution in [0.4, 0.5) is 0 Å². The van der Waals surface area contributed by atoms with Crippen LogP contribution in [-0.4, -0.2) is 61.8 Å². The summed E-state index contributed by atoms with van der Waals surface area (Å²) in [4.78, 5) is 26.4. The van der Waals surface area contributed by atoms with E-state index < -0.39 is 15.9 Å². The maximum atomic E-state index is 13.3. The molecule has 2 aromatic rings. The van der Waals surface area contributed by atoms with Crippen molar-refractivity contribution in [3.05, 3.63) is 65.2 Å². The minimum absolute atomic E-state index is 0.113. The van der Waals surface area contributed by atoms with Crippen LogP contribution in [0.15, 0.2) is 53.4 Å². The van der Waals surface area contributed by atoms with Crippen molar-refractivity contribution >= 4 is 21.8 Å². The number of nitrogens with two attached hydrogens (primary N) is 1. The third kappa shape index (κ3) is 4.79. The van der Waals surface area contributed by atoms with Gasteiger partial charge < -0.3 is 15.4 Å². The second kappa shape index (κ2) is 8.78. The van der Waals surface area contributed by atoms with Gasteiger partial charge in [0.1, 0.15) is 0 Å². The van der Waals surface area contributed by atoms with E-state index in [-0.39, 0.29) is 16.8 Å². The molecule has 2 aliphatic rings. The average molecular weight is 444 g/mol. The Morgan fingerprint density at radius 2 is 1.71 bits per heavy atom. The lowest BCUT2D eigenvalue weighted by Gasteiger charge is -2.26. The number of carbonyl (C=O) groups is 2. The van der Waals surface area contributed by atoms with Crippen LogP contribution in [0.3, 0.4) is 0 Å². The Kier molecular flexibility index (Phi) is 6.08. The smallest absolute Gasteiger partial charge is 0.254 e. The number of rotatable bonds is 7. The molecule has 1 saturated carbocycles. The first-order valence-electron chi connectivity index (χ1n) is 10.2. The summed E-state index contributed by atoms with van der Waals surface area (Å²) in [7, 11) is -3.68. The lowest BCUT2D eigenvalue weighted by Crippen LogP contribution is -2.40. The van der Waals surface area contributed by atoms with E-state index in [0.717, 1.165) is 18.4 Å². The molecule has 2 N–H and O–H groups in total. The van der Waals surface area contributed by atoms with E-state index >= 15 is 0 Å². The van der Waals surface area contributed by atoms with Crippen LogP contribution in [0.25, 0.3) is 0 Å². The minimum Gasteiger partial charge on any atom is -0.379 e. The van der Waals surface area contributed by atoms with Crippen molar-refractivity contribution in [2.45, 2.75) is 30.3 Å². The Morgan fingerprint density at radius 1 is 1.03 bits per heavy atom. The summed E-state index contributed by atoms with van der Waals surface area (Å²) in [5, 5.41) is 0. The molecule has 1 heterocycles. The standard InChI is InChI=1S/C22H25N3O5S/c23-21(26)17-6-4-16(5-7-17)15-25(19-8-9-19)22(27)18-2-1-3-20(14-18)31(28,29)24-10-12-30-13-11-24/h1-7,14,19H,8-13,15H2,(H2,23,26). The summed E-state index contributed by atoms with van der Waals surface area (Å²) in [5.41, 5.74) is 6.92. The number of hydrogen-bond donors (Lipinski definition) is 1. The molecule has 8 nitrogen and oxygen atoms in total. The third-order valence-corrected chi connectivity index (χ3v) is 7.42. The van der Waals surface area contributed by atoms with Crippen LogP contribution in [0.5, 0.6) is 0 Å². The topological polar surface area (TPSA) is 110 Å². The van der Waals surface area contributed by atoms with E-state index in [9.17, 15) is 18.0 Å². The Labute approximate surface area is 181 Å². The van der Waals surface area contributed by atoms with E-state index in [1.807, 2.05) is 0 Å². The Hall–Kier alpha value is -2.75. The number of hydrogen-bond acceptors (Lipinski definition) is 5. The molecule has 4 rings (SSSR count). The van der Waals surface area contributed by atoms with Gasteiger partial charge in [-0.1, -0.05) is 18.2 Å².